The van der Waals surface area contributed by atoms with Gasteiger partial charge in [0.15, 0.2) is 12.1 Å². The number of ether oxygens (including phenoxy) is 1. The Morgan fingerprint density at radius 1 is 1.08 bits per heavy atom. The highest BCUT2D eigenvalue weighted by Gasteiger charge is 2.45. The van der Waals surface area contributed by atoms with Gasteiger partial charge in [-0.2, -0.15) is 5.10 Å². The van der Waals surface area contributed by atoms with Gasteiger partial charge in [-0.3, -0.25) is 27.7 Å². The summed E-state index contributed by atoms with van der Waals surface area (Å²) in [6.45, 7) is -0.995. The number of aliphatic hydroxyl groups is 2. The van der Waals surface area contributed by atoms with Crippen molar-refractivity contribution in [3.8, 4) is 0 Å². The molecule has 17 heteroatoms. The van der Waals surface area contributed by atoms with E-state index in [-0.39, 0.29) is 6.54 Å². The summed E-state index contributed by atoms with van der Waals surface area (Å²) < 4.78 is 36.4. The van der Waals surface area contributed by atoms with Crippen molar-refractivity contribution in [3.05, 3.63) is 63.1 Å². The molecule has 0 saturated carbocycles. The van der Waals surface area contributed by atoms with Crippen molar-refractivity contribution in [2.24, 2.45) is 7.05 Å². The summed E-state index contributed by atoms with van der Waals surface area (Å²) in [6.07, 6.45) is -5.22. The number of aromatic nitrogens is 4. The third-order valence-electron chi connectivity index (χ3n) is 5.65. The standard InChI is InChI=1S/C19H24N4O11P2/c1-21-13-5-3-2-4-11(13)12(20-21)8-23-15(24)6-7-22(19(23)27)18-17(26)16(25)14(34-18)9-33-36(31,32)10-35(28,29)30/h2-7,14,16-18,25-26H,8-10H2,1H3,(H,31,32)(H2,28,29,30)/t14-,16?,17+,18-/m1/s1. The fourth-order valence-corrected chi connectivity index (χ4v) is 6.56. The predicted octanol–water partition coefficient (Wildman–Crippen LogP) is -1.10. The van der Waals surface area contributed by atoms with Crippen molar-refractivity contribution in [3.63, 3.8) is 0 Å². The van der Waals surface area contributed by atoms with Crippen LogP contribution in [0.4, 0.5) is 0 Å². The first kappa shape index (κ1) is 26.6. The number of rotatable bonds is 8. The van der Waals surface area contributed by atoms with Gasteiger partial charge < -0.3 is 34.2 Å². The van der Waals surface area contributed by atoms with Crippen LogP contribution >= 0.6 is 15.2 Å². The summed E-state index contributed by atoms with van der Waals surface area (Å²) in [5.74, 6) is -1.44. The van der Waals surface area contributed by atoms with Gasteiger partial charge in [0.2, 0.25) is 0 Å². The van der Waals surface area contributed by atoms with E-state index in [1.165, 1.54) is 0 Å². The lowest BCUT2D eigenvalue weighted by molar-refractivity contribution is -0.0530. The van der Waals surface area contributed by atoms with E-state index in [0.717, 1.165) is 32.3 Å². The summed E-state index contributed by atoms with van der Waals surface area (Å²) in [5, 5.41) is 25.9. The maximum Gasteiger partial charge on any atom is 0.340 e. The van der Waals surface area contributed by atoms with Gasteiger partial charge in [-0.25, -0.2) is 4.79 Å². The Hall–Kier alpha value is -2.45. The first-order valence-corrected chi connectivity index (χ1v) is 14.1. The van der Waals surface area contributed by atoms with Crippen LogP contribution in [0.2, 0.25) is 0 Å². The summed E-state index contributed by atoms with van der Waals surface area (Å²) in [4.78, 5) is 53.1. The molecule has 4 rings (SSSR count). The van der Waals surface area contributed by atoms with E-state index in [0.29, 0.717) is 5.69 Å². The van der Waals surface area contributed by atoms with Crippen LogP contribution in [0.1, 0.15) is 11.9 Å². The molecule has 3 heterocycles. The van der Waals surface area contributed by atoms with Gasteiger partial charge in [0, 0.05) is 24.7 Å². The second-order valence-electron chi connectivity index (χ2n) is 8.30. The van der Waals surface area contributed by atoms with E-state index in [1.807, 2.05) is 12.1 Å². The molecule has 196 valence electrons. The average molecular weight is 546 g/mol. The monoisotopic (exact) mass is 546 g/mol. The number of aliphatic hydroxyl groups excluding tert-OH is 2. The first-order chi connectivity index (χ1) is 16.8. The Morgan fingerprint density at radius 3 is 2.47 bits per heavy atom. The molecule has 1 aliphatic rings. The third-order valence-corrected chi connectivity index (χ3v) is 9.11. The number of nitrogens with zero attached hydrogens (tertiary/aromatic N) is 4. The molecule has 1 aromatic carbocycles. The number of hydrogen-bond donors (Lipinski definition) is 5. The third kappa shape index (κ3) is 5.44. The average Bonchev–Trinajstić information content (AvgIpc) is 3.25. The fraction of sp³-hybridized carbons (Fsp3) is 0.421. The van der Waals surface area contributed by atoms with Crippen molar-refractivity contribution in [2.45, 2.75) is 31.1 Å². The first-order valence-electron chi connectivity index (χ1n) is 10.5. The van der Waals surface area contributed by atoms with Gasteiger partial charge in [-0.05, 0) is 6.07 Å². The van der Waals surface area contributed by atoms with E-state index < -0.39 is 63.5 Å². The summed E-state index contributed by atoms with van der Waals surface area (Å²) in [6, 6.07) is 8.30. The molecular formula is C19H24N4O11P2. The molecule has 1 aliphatic heterocycles. The molecule has 3 aromatic rings. The van der Waals surface area contributed by atoms with Crippen LogP contribution < -0.4 is 11.2 Å². The molecule has 2 aromatic heterocycles. The molecule has 0 spiro atoms. The highest BCUT2D eigenvalue weighted by Crippen LogP contribution is 2.55. The van der Waals surface area contributed by atoms with Gasteiger partial charge in [0.1, 0.15) is 18.3 Å². The van der Waals surface area contributed by atoms with E-state index in [9.17, 15) is 33.8 Å². The molecule has 1 saturated heterocycles. The molecule has 0 amide bonds. The topological polar surface area (TPSA) is 216 Å². The molecule has 5 atom stereocenters. The number of hydrogen-bond acceptors (Lipinski definition) is 9. The second kappa shape index (κ2) is 9.78. The highest BCUT2D eigenvalue weighted by molar-refractivity contribution is 7.70. The zero-order valence-corrected chi connectivity index (χ0v) is 20.6. The number of fused-ring (bicyclic) bond motifs is 1. The van der Waals surface area contributed by atoms with Crippen molar-refractivity contribution in [1.82, 2.24) is 18.9 Å². The molecule has 0 aliphatic carbocycles. The largest absolute Gasteiger partial charge is 0.387 e. The molecule has 2 unspecified atom stereocenters. The summed E-state index contributed by atoms with van der Waals surface area (Å²) >= 11 is 0. The maximum absolute atomic E-state index is 13.2. The lowest BCUT2D eigenvalue weighted by atomic mass is 10.1. The van der Waals surface area contributed by atoms with Crippen molar-refractivity contribution < 1.29 is 43.3 Å². The minimum absolute atomic E-state index is 0.187. The molecule has 15 nitrogen and oxygen atoms in total. The van der Waals surface area contributed by atoms with Crippen LogP contribution in [0.15, 0.2) is 46.1 Å². The Balaban J connectivity index is 1.58. The minimum atomic E-state index is -4.87. The van der Waals surface area contributed by atoms with Gasteiger partial charge in [-0.15, -0.1) is 0 Å². The zero-order valence-electron chi connectivity index (χ0n) is 18.8. The van der Waals surface area contributed by atoms with Crippen LogP contribution in [-0.2, 0) is 32.0 Å². The molecular weight excluding hydrogens is 522 g/mol. The number of aryl methyl sites for hydroxylation is 1. The van der Waals surface area contributed by atoms with Gasteiger partial charge in [-0.1, -0.05) is 18.2 Å². The van der Waals surface area contributed by atoms with Crippen LogP contribution in [0.3, 0.4) is 0 Å². The van der Waals surface area contributed by atoms with Crippen LogP contribution in [0.5, 0.6) is 0 Å². The van der Waals surface area contributed by atoms with Crippen molar-refractivity contribution in [2.75, 3.05) is 12.5 Å². The SMILES string of the molecule is Cn1nc(Cn2c(=O)ccn([C@@H]3O[C@H](COP(=O)(O)CP(=O)(O)O)C(O)[C@@H]3O)c2=O)c2ccccc21. The Labute approximate surface area is 202 Å². The minimum Gasteiger partial charge on any atom is -0.387 e. The second-order valence-corrected chi connectivity index (χ2v) is 12.3. The summed E-state index contributed by atoms with van der Waals surface area (Å²) in [7, 11) is -7.90. The van der Waals surface area contributed by atoms with Crippen LogP contribution in [-0.4, -0.2) is 74.6 Å². The van der Waals surface area contributed by atoms with E-state index in [1.54, 1.807) is 23.9 Å². The highest BCUT2D eigenvalue weighted by atomic mass is 31.2. The maximum atomic E-state index is 13.2. The van der Waals surface area contributed by atoms with E-state index in [2.05, 4.69) is 9.62 Å². The van der Waals surface area contributed by atoms with E-state index >= 15 is 0 Å². The molecule has 36 heavy (non-hydrogen) atoms. The Morgan fingerprint density at radius 2 is 1.78 bits per heavy atom. The van der Waals surface area contributed by atoms with Crippen LogP contribution in [0, 0.1) is 0 Å². The van der Waals surface area contributed by atoms with Gasteiger partial charge in [0.05, 0.1) is 24.4 Å². The zero-order chi connectivity index (χ0) is 26.4. The molecule has 0 bridgehead atoms. The smallest absolute Gasteiger partial charge is 0.340 e. The Kier molecular flexibility index (Phi) is 7.23. The predicted molar refractivity (Wildman–Crippen MR) is 123 cm³/mol. The molecule has 1 fully saturated rings. The van der Waals surface area contributed by atoms with Crippen LogP contribution in [0.25, 0.3) is 10.9 Å². The fourth-order valence-electron chi connectivity index (χ4n) is 3.99. The lowest BCUT2D eigenvalue weighted by Gasteiger charge is -2.19. The van der Waals surface area contributed by atoms with Gasteiger partial charge in [0.25, 0.3) is 5.56 Å². The normalized spacial score (nSPS) is 24.3. The number of para-hydroxylation sites is 1. The van der Waals surface area contributed by atoms with Crippen molar-refractivity contribution >= 4 is 26.1 Å². The van der Waals surface area contributed by atoms with Crippen molar-refractivity contribution in [1.29, 1.82) is 0 Å². The molecule has 0 radical (unpaired) electrons. The lowest BCUT2D eigenvalue weighted by Crippen LogP contribution is -2.43. The van der Waals surface area contributed by atoms with Gasteiger partial charge >= 0.3 is 20.9 Å². The quantitative estimate of drug-likeness (QED) is 0.213. The Bertz CT molecular complexity index is 1490. The number of benzene rings is 1. The summed E-state index contributed by atoms with van der Waals surface area (Å²) in [5.41, 5.74) is -0.271. The van der Waals surface area contributed by atoms with E-state index in [4.69, 9.17) is 14.5 Å². The molecule has 5 N–H and O–H groups in total.